The van der Waals surface area contributed by atoms with E-state index in [0.717, 1.165) is 19.4 Å². The van der Waals surface area contributed by atoms with Gasteiger partial charge in [-0.15, -0.1) is 0 Å². The SMILES string of the molecule is Cc1cc(NC(=O)c2ccnc(NCC3CCCO3)n2)no1. The largest absolute Gasteiger partial charge is 0.376 e. The van der Waals surface area contributed by atoms with E-state index in [-0.39, 0.29) is 17.7 Å². The van der Waals surface area contributed by atoms with Crippen LogP contribution in [0.3, 0.4) is 0 Å². The van der Waals surface area contributed by atoms with E-state index < -0.39 is 0 Å². The van der Waals surface area contributed by atoms with Crippen LogP contribution in [0.5, 0.6) is 0 Å². The number of anilines is 2. The van der Waals surface area contributed by atoms with Gasteiger partial charge in [0.1, 0.15) is 11.5 Å². The minimum atomic E-state index is -0.365. The van der Waals surface area contributed by atoms with Gasteiger partial charge in [0.15, 0.2) is 5.82 Å². The zero-order chi connectivity index (χ0) is 15.4. The van der Waals surface area contributed by atoms with Gasteiger partial charge in [0, 0.05) is 25.4 Å². The number of nitrogens with one attached hydrogen (secondary N) is 2. The van der Waals surface area contributed by atoms with Gasteiger partial charge in [0.25, 0.3) is 5.91 Å². The minimum absolute atomic E-state index is 0.180. The summed E-state index contributed by atoms with van der Waals surface area (Å²) in [5.74, 6) is 1.02. The molecule has 1 atom stereocenters. The number of carbonyl (C=O) groups excluding carboxylic acids is 1. The molecule has 3 heterocycles. The summed E-state index contributed by atoms with van der Waals surface area (Å²) in [6.45, 7) is 3.18. The van der Waals surface area contributed by atoms with Crippen LogP contribution in [0.2, 0.25) is 0 Å². The van der Waals surface area contributed by atoms with E-state index in [1.807, 2.05) is 0 Å². The standard InChI is InChI=1S/C14H17N5O3/c1-9-7-12(19-22-9)18-13(20)11-4-5-15-14(17-11)16-8-10-3-2-6-21-10/h4-5,7,10H,2-3,6,8H2,1H3,(H,15,16,17)(H,18,19,20). The smallest absolute Gasteiger partial charge is 0.275 e. The summed E-state index contributed by atoms with van der Waals surface area (Å²) in [6.07, 6.45) is 3.82. The Labute approximate surface area is 127 Å². The van der Waals surface area contributed by atoms with Crippen LogP contribution in [0, 0.1) is 6.92 Å². The second kappa shape index (κ2) is 6.52. The molecule has 0 bridgehead atoms. The maximum atomic E-state index is 12.1. The van der Waals surface area contributed by atoms with Crippen molar-refractivity contribution in [3.05, 3.63) is 29.8 Å². The molecule has 0 saturated carbocycles. The first kappa shape index (κ1) is 14.5. The van der Waals surface area contributed by atoms with E-state index in [2.05, 4.69) is 25.8 Å². The van der Waals surface area contributed by atoms with E-state index >= 15 is 0 Å². The molecule has 2 aromatic heterocycles. The number of amides is 1. The van der Waals surface area contributed by atoms with Crippen molar-refractivity contribution < 1.29 is 14.1 Å². The van der Waals surface area contributed by atoms with Crippen molar-refractivity contribution in [3.63, 3.8) is 0 Å². The summed E-state index contributed by atoms with van der Waals surface area (Å²) < 4.78 is 10.4. The molecule has 0 spiro atoms. The fourth-order valence-electron chi connectivity index (χ4n) is 2.19. The normalized spacial score (nSPS) is 17.4. The lowest BCUT2D eigenvalue weighted by molar-refractivity contribution is 0.102. The van der Waals surface area contributed by atoms with Crippen LogP contribution in [-0.4, -0.2) is 40.3 Å². The number of rotatable bonds is 5. The molecule has 116 valence electrons. The van der Waals surface area contributed by atoms with E-state index in [4.69, 9.17) is 9.26 Å². The molecule has 8 heteroatoms. The molecule has 1 aliphatic rings. The van der Waals surface area contributed by atoms with E-state index in [1.54, 1.807) is 19.1 Å². The highest BCUT2D eigenvalue weighted by molar-refractivity contribution is 6.02. The number of hydrogen-bond donors (Lipinski definition) is 2. The third kappa shape index (κ3) is 3.59. The summed E-state index contributed by atoms with van der Waals surface area (Å²) in [5, 5.41) is 9.42. The molecule has 8 nitrogen and oxygen atoms in total. The summed E-state index contributed by atoms with van der Waals surface area (Å²) >= 11 is 0. The first-order valence-electron chi connectivity index (χ1n) is 7.14. The average Bonchev–Trinajstić information content (AvgIpc) is 3.17. The third-order valence-corrected chi connectivity index (χ3v) is 3.27. The minimum Gasteiger partial charge on any atom is -0.376 e. The quantitative estimate of drug-likeness (QED) is 0.865. The van der Waals surface area contributed by atoms with Crippen LogP contribution < -0.4 is 10.6 Å². The van der Waals surface area contributed by atoms with Gasteiger partial charge in [-0.05, 0) is 25.8 Å². The molecule has 2 N–H and O–H groups in total. The molecule has 2 aromatic rings. The molecule has 1 saturated heterocycles. The molecular formula is C14H17N5O3. The van der Waals surface area contributed by atoms with Crippen molar-refractivity contribution in [2.24, 2.45) is 0 Å². The molecule has 0 aromatic carbocycles. The van der Waals surface area contributed by atoms with Crippen molar-refractivity contribution in [2.75, 3.05) is 23.8 Å². The third-order valence-electron chi connectivity index (χ3n) is 3.27. The fraction of sp³-hybridized carbons (Fsp3) is 0.429. The Morgan fingerprint density at radius 2 is 2.41 bits per heavy atom. The van der Waals surface area contributed by atoms with Crippen LogP contribution in [0.1, 0.15) is 29.1 Å². The van der Waals surface area contributed by atoms with Crippen LogP contribution in [-0.2, 0) is 4.74 Å². The molecule has 0 radical (unpaired) electrons. The number of aromatic nitrogens is 3. The van der Waals surface area contributed by atoms with Gasteiger partial charge < -0.3 is 19.9 Å². The van der Waals surface area contributed by atoms with E-state index in [0.29, 0.717) is 24.1 Å². The van der Waals surface area contributed by atoms with Crippen molar-refractivity contribution in [2.45, 2.75) is 25.9 Å². The van der Waals surface area contributed by atoms with Gasteiger partial charge in [-0.2, -0.15) is 0 Å². The van der Waals surface area contributed by atoms with Gasteiger partial charge in [-0.3, -0.25) is 4.79 Å². The van der Waals surface area contributed by atoms with E-state index in [1.165, 1.54) is 6.20 Å². The molecule has 1 amide bonds. The highest BCUT2D eigenvalue weighted by Gasteiger charge is 2.16. The summed E-state index contributed by atoms with van der Waals surface area (Å²) in [6, 6.07) is 3.18. The molecule has 1 aliphatic heterocycles. The monoisotopic (exact) mass is 303 g/mol. The number of aryl methyl sites for hydroxylation is 1. The van der Waals surface area contributed by atoms with Crippen molar-refractivity contribution in [1.82, 2.24) is 15.1 Å². The van der Waals surface area contributed by atoms with Crippen LogP contribution in [0.4, 0.5) is 11.8 Å². The zero-order valence-corrected chi connectivity index (χ0v) is 12.2. The number of nitrogens with zero attached hydrogens (tertiary/aromatic N) is 3. The van der Waals surface area contributed by atoms with E-state index in [9.17, 15) is 4.79 Å². The maximum absolute atomic E-state index is 12.1. The van der Waals surface area contributed by atoms with Crippen molar-refractivity contribution in [1.29, 1.82) is 0 Å². The first-order chi connectivity index (χ1) is 10.7. The summed E-state index contributed by atoms with van der Waals surface area (Å²) in [5.41, 5.74) is 0.255. The lowest BCUT2D eigenvalue weighted by Crippen LogP contribution is -2.21. The predicted octanol–water partition coefficient (Wildman–Crippen LogP) is 1.62. The van der Waals surface area contributed by atoms with Crippen LogP contribution in [0.25, 0.3) is 0 Å². The van der Waals surface area contributed by atoms with Gasteiger partial charge in [0.05, 0.1) is 6.10 Å². The molecule has 3 rings (SSSR count). The van der Waals surface area contributed by atoms with Gasteiger partial charge in [-0.25, -0.2) is 9.97 Å². The van der Waals surface area contributed by atoms with Crippen LogP contribution >= 0.6 is 0 Å². The fourth-order valence-corrected chi connectivity index (χ4v) is 2.19. The topological polar surface area (TPSA) is 102 Å². The predicted molar refractivity (Wildman–Crippen MR) is 78.7 cm³/mol. The molecule has 1 unspecified atom stereocenters. The highest BCUT2D eigenvalue weighted by atomic mass is 16.5. The lowest BCUT2D eigenvalue weighted by Gasteiger charge is -2.10. The average molecular weight is 303 g/mol. The Morgan fingerprint density at radius 1 is 1.50 bits per heavy atom. The molecule has 0 aliphatic carbocycles. The van der Waals surface area contributed by atoms with Gasteiger partial charge in [-0.1, -0.05) is 5.16 Å². The van der Waals surface area contributed by atoms with Gasteiger partial charge >= 0.3 is 0 Å². The lowest BCUT2D eigenvalue weighted by atomic mass is 10.2. The second-order valence-corrected chi connectivity index (χ2v) is 5.06. The van der Waals surface area contributed by atoms with Gasteiger partial charge in [0.2, 0.25) is 5.95 Å². The Balaban J connectivity index is 1.61. The Morgan fingerprint density at radius 3 is 3.14 bits per heavy atom. The Kier molecular flexibility index (Phi) is 4.29. The first-order valence-corrected chi connectivity index (χ1v) is 7.14. The van der Waals surface area contributed by atoms with Crippen molar-refractivity contribution in [3.8, 4) is 0 Å². The summed E-state index contributed by atoms with van der Waals surface area (Å²) in [4.78, 5) is 20.4. The molecule has 22 heavy (non-hydrogen) atoms. The number of carbonyl (C=O) groups is 1. The Hall–Kier alpha value is -2.48. The second-order valence-electron chi connectivity index (χ2n) is 5.06. The van der Waals surface area contributed by atoms with Crippen molar-refractivity contribution >= 4 is 17.7 Å². The summed E-state index contributed by atoms with van der Waals surface area (Å²) in [7, 11) is 0. The molecular weight excluding hydrogens is 286 g/mol. The molecule has 1 fully saturated rings. The number of hydrogen-bond acceptors (Lipinski definition) is 7. The Bertz CT molecular complexity index is 651. The number of ether oxygens (including phenoxy) is 1. The van der Waals surface area contributed by atoms with Crippen LogP contribution in [0.15, 0.2) is 22.9 Å². The maximum Gasteiger partial charge on any atom is 0.275 e. The highest BCUT2D eigenvalue weighted by Crippen LogP contribution is 2.13. The zero-order valence-electron chi connectivity index (χ0n) is 12.2.